The molecule has 2 aromatic heterocycles. The van der Waals surface area contributed by atoms with E-state index in [1.165, 1.54) is 18.4 Å². The number of hydrogen-bond acceptors (Lipinski definition) is 11. The number of hydrogen-bond donors (Lipinski definition) is 5. The number of methoxy groups -OCH3 is 1. The number of anilines is 2. The van der Waals surface area contributed by atoms with E-state index in [4.69, 9.17) is 4.74 Å². The van der Waals surface area contributed by atoms with Gasteiger partial charge in [0, 0.05) is 20.1 Å². The quantitative estimate of drug-likeness (QED) is 0.0780. The average molecular weight is 702 g/mol. The van der Waals surface area contributed by atoms with Crippen molar-refractivity contribution in [3.8, 4) is 0 Å². The van der Waals surface area contributed by atoms with Gasteiger partial charge >= 0.3 is 6.18 Å². The highest BCUT2D eigenvalue weighted by molar-refractivity contribution is 7.15. The number of nitrogens with one attached hydrogen (secondary N) is 3. The van der Waals surface area contributed by atoms with Gasteiger partial charge in [0.05, 0.1) is 18.5 Å². The first kappa shape index (κ1) is 37.3. The molecule has 2 aromatic carbocycles. The van der Waals surface area contributed by atoms with Crippen LogP contribution < -0.4 is 16.0 Å². The molecule has 0 saturated carbocycles. The first-order valence-electron chi connectivity index (χ1n) is 15.4. The van der Waals surface area contributed by atoms with E-state index >= 15 is 0 Å². The van der Waals surface area contributed by atoms with Crippen LogP contribution in [0.15, 0.2) is 66.7 Å². The highest BCUT2D eigenvalue weighted by Crippen LogP contribution is 2.32. The number of alkyl halides is 3. The minimum Gasteiger partial charge on any atom is -0.380 e. The Morgan fingerprint density at radius 3 is 2.35 bits per heavy atom. The molecule has 3 unspecified atom stereocenters. The Balaban J connectivity index is 1.16. The Morgan fingerprint density at radius 1 is 0.918 bits per heavy atom. The summed E-state index contributed by atoms with van der Waals surface area (Å²) in [4.78, 5) is 24.5. The molecule has 0 radical (unpaired) electrons. The van der Waals surface area contributed by atoms with Gasteiger partial charge < -0.3 is 30.9 Å². The molecule has 262 valence electrons. The van der Waals surface area contributed by atoms with Crippen LogP contribution in [0.2, 0.25) is 0 Å². The van der Waals surface area contributed by atoms with Crippen LogP contribution in [0.25, 0.3) is 0 Å². The van der Waals surface area contributed by atoms with Crippen LogP contribution in [0.4, 0.5) is 24.1 Å². The number of nitrogens with zero attached hydrogens (tertiary/aromatic N) is 4. The third-order valence-electron chi connectivity index (χ3n) is 7.43. The smallest absolute Gasteiger partial charge is 0.380 e. The van der Waals surface area contributed by atoms with Crippen molar-refractivity contribution < 1.29 is 37.7 Å². The molecule has 4 rings (SSSR count). The number of aromatic nitrogens is 4. The molecule has 0 saturated heterocycles. The molecule has 0 fully saturated rings. The van der Waals surface area contributed by atoms with Gasteiger partial charge in [-0.15, -0.1) is 15.3 Å². The summed E-state index contributed by atoms with van der Waals surface area (Å²) in [7, 11) is 1.53. The molecule has 5 N–H and O–H groups in total. The van der Waals surface area contributed by atoms with E-state index < -0.39 is 36.4 Å². The zero-order valence-electron chi connectivity index (χ0n) is 26.9. The van der Waals surface area contributed by atoms with E-state index in [2.05, 4.69) is 36.3 Å². The van der Waals surface area contributed by atoms with Gasteiger partial charge in [-0.05, 0) is 55.0 Å². The van der Waals surface area contributed by atoms with Crippen molar-refractivity contribution in [3.63, 3.8) is 0 Å². The topological polar surface area (TPSA) is 171 Å². The number of carbonyl (C=O) groups excluding carboxylic acids is 2. The molecule has 4 aromatic rings. The van der Waals surface area contributed by atoms with E-state index in [-0.39, 0.29) is 24.7 Å². The number of ether oxygens (including phenoxy) is 1. The lowest BCUT2D eigenvalue weighted by atomic mass is 10.0. The van der Waals surface area contributed by atoms with Gasteiger partial charge in [-0.3, -0.25) is 9.59 Å². The van der Waals surface area contributed by atoms with Crippen molar-refractivity contribution in [2.24, 2.45) is 0 Å². The van der Waals surface area contributed by atoms with Gasteiger partial charge in [-0.1, -0.05) is 65.9 Å². The summed E-state index contributed by atoms with van der Waals surface area (Å²) in [6.07, 6.45) is -4.59. The van der Waals surface area contributed by atoms with E-state index in [0.717, 1.165) is 29.1 Å². The standard InChI is InChI=1S/C33H38F3N7O5S/c1-32(47,33(34,35)36)19-27(45)37-20-22-10-8-9-21(17-22)18-26(44)38-25-16-15-24(40-41-25)13-6-7-14-28-42-43-31(49-28)39-30(46)29(48-2)23-11-4-3-5-12-23/h3-5,8-12,15-17,29-30,46-47H,6-7,13-14,18-20H2,1-2H3,(H,37,45)(H,39,43)(H,38,41,44). The Hall–Kier alpha value is -4.51. The van der Waals surface area contributed by atoms with Gasteiger partial charge in [-0.2, -0.15) is 18.3 Å². The van der Waals surface area contributed by atoms with Crippen molar-refractivity contribution in [1.29, 1.82) is 0 Å². The lowest BCUT2D eigenvalue weighted by Gasteiger charge is -2.25. The molecule has 0 bridgehead atoms. The van der Waals surface area contributed by atoms with Gasteiger partial charge in [0.2, 0.25) is 16.9 Å². The Kier molecular flexibility index (Phi) is 13.1. The first-order valence-corrected chi connectivity index (χ1v) is 16.3. The summed E-state index contributed by atoms with van der Waals surface area (Å²) in [6.45, 7) is 0.476. The molecule has 0 aliphatic heterocycles. The van der Waals surface area contributed by atoms with Crippen molar-refractivity contribution in [2.45, 2.75) is 76.1 Å². The maximum atomic E-state index is 12.8. The van der Waals surface area contributed by atoms with Crippen molar-refractivity contribution in [1.82, 2.24) is 25.7 Å². The van der Waals surface area contributed by atoms with Gasteiger partial charge in [0.25, 0.3) is 0 Å². The Labute approximate surface area is 285 Å². The number of benzene rings is 2. The van der Waals surface area contributed by atoms with Crippen molar-refractivity contribution in [3.05, 3.63) is 94.1 Å². The van der Waals surface area contributed by atoms with Gasteiger partial charge in [0.1, 0.15) is 11.1 Å². The normalized spacial score (nSPS) is 14.0. The van der Waals surface area contributed by atoms with Crippen LogP contribution in [-0.2, 0) is 40.1 Å². The predicted molar refractivity (Wildman–Crippen MR) is 176 cm³/mol. The third kappa shape index (κ3) is 11.6. The van der Waals surface area contributed by atoms with Crippen molar-refractivity contribution in [2.75, 3.05) is 17.7 Å². The van der Waals surface area contributed by atoms with E-state index in [9.17, 15) is 33.0 Å². The zero-order valence-corrected chi connectivity index (χ0v) is 27.7. The summed E-state index contributed by atoms with van der Waals surface area (Å²) >= 11 is 1.37. The summed E-state index contributed by atoms with van der Waals surface area (Å²) < 4.78 is 43.9. The van der Waals surface area contributed by atoms with Gasteiger partial charge in [-0.25, -0.2) is 0 Å². The van der Waals surface area contributed by atoms with Crippen LogP contribution >= 0.6 is 11.3 Å². The van der Waals surface area contributed by atoms with E-state index in [1.54, 1.807) is 36.4 Å². The lowest BCUT2D eigenvalue weighted by molar-refractivity contribution is -0.253. The summed E-state index contributed by atoms with van der Waals surface area (Å²) in [5.41, 5.74) is -0.331. The van der Waals surface area contributed by atoms with Crippen molar-refractivity contribution >= 4 is 34.1 Å². The molecule has 0 aliphatic rings. The number of aliphatic hydroxyl groups excluding tert-OH is 1. The number of carbonyl (C=O) groups is 2. The fourth-order valence-corrected chi connectivity index (χ4v) is 5.56. The second kappa shape index (κ2) is 17.2. The maximum absolute atomic E-state index is 12.8. The molecule has 12 nitrogen and oxygen atoms in total. The molecule has 49 heavy (non-hydrogen) atoms. The number of rotatable bonds is 17. The number of aryl methyl sites for hydroxylation is 2. The second-order valence-electron chi connectivity index (χ2n) is 11.5. The first-order chi connectivity index (χ1) is 23.3. The molecule has 0 spiro atoms. The number of aliphatic hydroxyl groups is 2. The molecule has 2 heterocycles. The fraction of sp³-hybridized carbons (Fsp3) is 0.394. The Bertz CT molecular complexity index is 1660. The molecular formula is C33H38F3N7O5S. The monoisotopic (exact) mass is 701 g/mol. The third-order valence-corrected chi connectivity index (χ3v) is 8.34. The Morgan fingerprint density at radius 2 is 1.65 bits per heavy atom. The minimum atomic E-state index is -4.93. The lowest BCUT2D eigenvalue weighted by Crippen LogP contribution is -2.46. The molecule has 2 amide bonds. The second-order valence-corrected chi connectivity index (χ2v) is 12.6. The SMILES string of the molecule is COC(c1ccccc1)C(O)Nc1nnc(CCCCc2ccc(NC(=O)Cc3cccc(CNC(=O)CC(C)(O)C(F)(F)F)c3)nn2)s1. The largest absolute Gasteiger partial charge is 0.417 e. The fourth-order valence-electron chi connectivity index (χ4n) is 4.75. The number of amides is 2. The minimum absolute atomic E-state index is 0.00417. The number of halogens is 3. The summed E-state index contributed by atoms with van der Waals surface area (Å²) in [6, 6.07) is 19.5. The van der Waals surface area contributed by atoms with Crippen LogP contribution in [0, 0.1) is 0 Å². The highest BCUT2D eigenvalue weighted by Gasteiger charge is 2.50. The molecule has 0 aliphatic carbocycles. The molecule has 16 heteroatoms. The molecular weight excluding hydrogens is 663 g/mol. The van der Waals surface area contributed by atoms with Crippen LogP contribution in [0.1, 0.15) is 59.7 Å². The summed E-state index contributed by atoms with van der Waals surface area (Å²) in [5, 5.41) is 46.1. The van der Waals surface area contributed by atoms with E-state index in [1.807, 2.05) is 30.3 Å². The number of unbranched alkanes of at least 4 members (excludes halogenated alkanes) is 1. The molecule has 3 atom stereocenters. The van der Waals surface area contributed by atoms with Crippen LogP contribution in [-0.4, -0.2) is 67.5 Å². The summed E-state index contributed by atoms with van der Waals surface area (Å²) in [5.74, 6) is -1.02. The van der Waals surface area contributed by atoms with Gasteiger partial charge in [0.15, 0.2) is 17.6 Å². The maximum Gasteiger partial charge on any atom is 0.417 e. The van der Waals surface area contributed by atoms with Crippen LogP contribution in [0.5, 0.6) is 0 Å². The highest BCUT2D eigenvalue weighted by atomic mass is 32.1. The zero-order chi connectivity index (χ0) is 35.4. The average Bonchev–Trinajstić information content (AvgIpc) is 3.50. The predicted octanol–water partition coefficient (Wildman–Crippen LogP) is 4.51. The van der Waals surface area contributed by atoms with Crippen LogP contribution in [0.3, 0.4) is 0 Å². The van der Waals surface area contributed by atoms with E-state index in [0.29, 0.717) is 36.0 Å².